The molecule has 2 aromatic rings. The van der Waals surface area contributed by atoms with Crippen LogP contribution in [0, 0.1) is 5.92 Å². The number of alkyl halides is 1. The van der Waals surface area contributed by atoms with Crippen LogP contribution in [0.15, 0.2) is 6.33 Å². The summed E-state index contributed by atoms with van der Waals surface area (Å²) in [5, 5.41) is -0.162. The molecule has 5 nitrogen and oxygen atoms in total. The molecule has 0 bridgehead atoms. The standard InChI is InChI=1S/C14H19ClN4O/c1-8-4-5-10(6-8)19-12(9(2)15)18-11-13(19)16-7-17-14(11)20-3/h7-10H,4-6H2,1-3H3. The van der Waals surface area contributed by atoms with E-state index in [0.717, 1.165) is 30.2 Å². The second-order valence-corrected chi connectivity index (χ2v) is 6.24. The minimum atomic E-state index is -0.162. The van der Waals surface area contributed by atoms with Gasteiger partial charge in [0.1, 0.15) is 12.2 Å². The van der Waals surface area contributed by atoms with Crippen molar-refractivity contribution in [3.63, 3.8) is 0 Å². The Labute approximate surface area is 123 Å². The summed E-state index contributed by atoms with van der Waals surface area (Å²) in [5.41, 5.74) is 1.54. The Hall–Kier alpha value is -1.36. The van der Waals surface area contributed by atoms with Gasteiger partial charge in [-0.1, -0.05) is 6.92 Å². The van der Waals surface area contributed by atoms with Gasteiger partial charge in [-0.15, -0.1) is 11.6 Å². The van der Waals surface area contributed by atoms with Gasteiger partial charge in [0.05, 0.1) is 12.5 Å². The van der Waals surface area contributed by atoms with Crippen LogP contribution in [0.25, 0.3) is 11.2 Å². The molecule has 1 saturated carbocycles. The van der Waals surface area contributed by atoms with Crippen molar-refractivity contribution >= 4 is 22.8 Å². The molecular formula is C14H19ClN4O. The summed E-state index contributed by atoms with van der Waals surface area (Å²) in [6.45, 7) is 4.23. The number of halogens is 1. The van der Waals surface area contributed by atoms with Crippen LogP contribution in [0.2, 0.25) is 0 Å². The molecule has 108 valence electrons. The van der Waals surface area contributed by atoms with Crippen molar-refractivity contribution in [2.45, 2.75) is 44.5 Å². The molecular weight excluding hydrogens is 276 g/mol. The normalized spacial score (nSPS) is 24.2. The largest absolute Gasteiger partial charge is 0.479 e. The first-order valence-electron chi connectivity index (χ1n) is 7.02. The third-order valence-corrected chi connectivity index (χ3v) is 4.25. The zero-order valence-electron chi connectivity index (χ0n) is 12.0. The first-order valence-corrected chi connectivity index (χ1v) is 7.46. The van der Waals surface area contributed by atoms with Gasteiger partial charge in [-0.3, -0.25) is 0 Å². The maximum Gasteiger partial charge on any atom is 0.245 e. The van der Waals surface area contributed by atoms with Crippen LogP contribution in [-0.2, 0) is 0 Å². The lowest BCUT2D eigenvalue weighted by Crippen LogP contribution is -2.11. The molecule has 1 aliphatic carbocycles. The Bertz CT molecular complexity index is 625. The van der Waals surface area contributed by atoms with Crippen molar-refractivity contribution in [3.05, 3.63) is 12.2 Å². The molecule has 0 aliphatic heterocycles. The van der Waals surface area contributed by atoms with Crippen LogP contribution in [0.3, 0.4) is 0 Å². The maximum absolute atomic E-state index is 6.32. The van der Waals surface area contributed by atoms with Crippen molar-refractivity contribution in [2.24, 2.45) is 5.92 Å². The van der Waals surface area contributed by atoms with Crippen molar-refractivity contribution in [2.75, 3.05) is 7.11 Å². The number of nitrogens with zero attached hydrogens (tertiary/aromatic N) is 4. The number of rotatable bonds is 3. The fourth-order valence-electron chi connectivity index (χ4n) is 3.11. The Kier molecular flexibility index (Phi) is 3.54. The number of ether oxygens (including phenoxy) is 1. The molecule has 1 aliphatic rings. The summed E-state index contributed by atoms with van der Waals surface area (Å²) < 4.78 is 7.48. The van der Waals surface area contributed by atoms with Crippen LogP contribution >= 0.6 is 11.6 Å². The highest BCUT2D eigenvalue weighted by Crippen LogP contribution is 2.39. The van der Waals surface area contributed by atoms with Crippen molar-refractivity contribution in [1.29, 1.82) is 0 Å². The van der Waals surface area contributed by atoms with Gasteiger partial charge >= 0.3 is 0 Å². The number of fused-ring (bicyclic) bond motifs is 1. The second-order valence-electron chi connectivity index (χ2n) is 5.58. The lowest BCUT2D eigenvalue weighted by atomic mass is 10.1. The molecule has 20 heavy (non-hydrogen) atoms. The summed E-state index contributed by atoms with van der Waals surface area (Å²) >= 11 is 6.32. The fourth-order valence-corrected chi connectivity index (χ4v) is 3.26. The third-order valence-electron chi connectivity index (χ3n) is 4.05. The average Bonchev–Trinajstić information content (AvgIpc) is 3.01. The Morgan fingerprint density at radius 1 is 1.40 bits per heavy atom. The lowest BCUT2D eigenvalue weighted by Gasteiger charge is -2.17. The summed E-state index contributed by atoms with van der Waals surface area (Å²) in [6, 6.07) is 0.422. The predicted octanol–water partition coefficient (Wildman–Crippen LogP) is 3.50. The highest BCUT2D eigenvalue weighted by Gasteiger charge is 2.29. The SMILES string of the molecule is COc1ncnc2c1nc(C(C)Cl)n2C1CCC(C)C1. The van der Waals surface area contributed by atoms with Crippen molar-refractivity contribution in [3.8, 4) is 5.88 Å². The first-order chi connectivity index (χ1) is 9.61. The van der Waals surface area contributed by atoms with E-state index in [2.05, 4.69) is 26.4 Å². The van der Waals surface area contributed by atoms with E-state index in [-0.39, 0.29) is 5.38 Å². The zero-order chi connectivity index (χ0) is 14.3. The minimum absolute atomic E-state index is 0.162. The highest BCUT2D eigenvalue weighted by atomic mass is 35.5. The summed E-state index contributed by atoms with van der Waals surface area (Å²) in [4.78, 5) is 13.2. The number of methoxy groups -OCH3 is 1. The van der Waals surface area contributed by atoms with Gasteiger partial charge in [0.25, 0.3) is 0 Å². The van der Waals surface area contributed by atoms with Gasteiger partial charge in [-0.2, -0.15) is 4.98 Å². The van der Waals surface area contributed by atoms with Gasteiger partial charge in [-0.05, 0) is 32.1 Å². The number of aromatic nitrogens is 4. The van der Waals surface area contributed by atoms with E-state index in [4.69, 9.17) is 16.3 Å². The molecule has 3 rings (SSSR count). The van der Waals surface area contributed by atoms with Gasteiger partial charge in [-0.25, -0.2) is 9.97 Å². The van der Waals surface area contributed by atoms with Gasteiger partial charge in [0.2, 0.25) is 5.88 Å². The van der Waals surface area contributed by atoms with Crippen LogP contribution in [-0.4, -0.2) is 26.6 Å². The summed E-state index contributed by atoms with van der Waals surface area (Å²) in [5.74, 6) is 2.11. The summed E-state index contributed by atoms with van der Waals surface area (Å²) in [7, 11) is 1.60. The average molecular weight is 295 g/mol. The van der Waals surface area contributed by atoms with Crippen LogP contribution < -0.4 is 4.74 Å². The molecule has 3 atom stereocenters. The lowest BCUT2D eigenvalue weighted by molar-refractivity contribution is 0.401. The van der Waals surface area contributed by atoms with Gasteiger partial charge in [0, 0.05) is 6.04 Å². The number of hydrogen-bond acceptors (Lipinski definition) is 4. The molecule has 0 radical (unpaired) electrons. The third kappa shape index (κ3) is 2.14. The van der Waals surface area contributed by atoms with Crippen molar-refractivity contribution in [1.82, 2.24) is 19.5 Å². The monoisotopic (exact) mass is 294 g/mol. The van der Waals surface area contributed by atoms with Gasteiger partial charge < -0.3 is 9.30 Å². The zero-order valence-corrected chi connectivity index (χ0v) is 12.8. The van der Waals surface area contributed by atoms with E-state index < -0.39 is 0 Å². The second kappa shape index (κ2) is 5.20. The molecule has 0 aromatic carbocycles. The number of hydrogen-bond donors (Lipinski definition) is 0. The molecule has 0 N–H and O–H groups in total. The minimum Gasteiger partial charge on any atom is -0.479 e. The highest BCUT2D eigenvalue weighted by molar-refractivity contribution is 6.20. The molecule has 2 heterocycles. The van der Waals surface area contributed by atoms with Crippen LogP contribution in [0.5, 0.6) is 5.88 Å². The first kappa shape index (κ1) is 13.6. The van der Waals surface area contributed by atoms with Gasteiger partial charge in [0.15, 0.2) is 11.2 Å². The van der Waals surface area contributed by atoms with E-state index >= 15 is 0 Å². The predicted molar refractivity (Wildman–Crippen MR) is 78.2 cm³/mol. The van der Waals surface area contributed by atoms with Crippen molar-refractivity contribution < 1.29 is 4.74 Å². The molecule has 6 heteroatoms. The Morgan fingerprint density at radius 2 is 2.20 bits per heavy atom. The topological polar surface area (TPSA) is 52.8 Å². The summed E-state index contributed by atoms with van der Waals surface area (Å²) in [6.07, 6.45) is 5.06. The molecule has 0 spiro atoms. The molecule has 0 saturated heterocycles. The van der Waals surface area contributed by atoms with Crippen LogP contribution in [0.4, 0.5) is 0 Å². The smallest absolute Gasteiger partial charge is 0.245 e. The Morgan fingerprint density at radius 3 is 2.80 bits per heavy atom. The van der Waals surface area contributed by atoms with E-state index in [1.165, 1.54) is 12.7 Å². The van der Waals surface area contributed by atoms with E-state index in [9.17, 15) is 0 Å². The maximum atomic E-state index is 6.32. The van der Waals surface area contributed by atoms with E-state index in [1.54, 1.807) is 7.11 Å². The van der Waals surface area contributed by atoms with Crippen LogP contribution in [0.1, 0.15) is 50.4 Å². The van der Waals surface area contributed by atoms with E-state index in [1.807, 2.05) is 6.92 Å². The Balaban J connectivity index is 2.19. The fraction of sp³-hybridized carbons (Fsp3) is 0.643. The quantitative estimate of drug-likeness (QED) is 0.813. The van der Waals surface area contributed by atoms with E-state index in [0.29, 0.717) is 17.4 Å². The molecule has 1 fully saturated rings. The number of imidazole rings is 1. The molecule has 0 amide bonds. The molecule has 2 aromatic heterocycles. The molecule has 3 unspecified atom stereocenters.